The van der Waals surface area contributed by atoms with Crippen molar-refractivity contribution in [2.24, 2.45) is 0 Å². The van der Waals surface area contributed by atoms with E-state index in [4.69, 9.17) is 23.5 Å². The van der Waals surface area contributed by atoms with E-state index < -0.39 is 5.24 Å². The van der Waals surface area contributed by atoms with Crippen molar-refractivity contribution in [3.63, 3.8) is 0 Å². The number of carbonyl (C=O) groups is 1. The van der Waals surface area contributed by atoms with Crippen molar-refractivity contribution in [2.45, 2.75) is 24.5 Å². The topological polar surface area (TPSA) is 75.9 Å². The molecule has 0 saturated carbocycles. The van der Waals surface area contributed by atoms with E-state index in [2.05, 4.69) is 25.3 Å². The van der Waals surface area contributed by atoms with Crippen LogP contribution in [-0.2, 0) is 10.0 Å². The van der Waals surface area contributed by atoms with Crippen LogP contribution in [-0.4, -0.2) is 73.7 Å². The van der Waals surface area contributed by atoms with Gasteiger partial charge in [-0.15, -0.1) is 0 Å². The first-order valence-corrected chi connectivity index (χ1v) is 9.60. The van der Waals surface area contributed by atoms with Crippen LogP contribution in [0.3, 0.4) is 0 Å². The molecule has 0 atom stereocenters. The number of piperidine rings is 1. The SMILES string of the molecule is [B]C([B])([B])n1cc(-c2ccc3cnc(NC(=O)CN4CCCCC4)cc3n2)cn1. The molecule has 0 aliphatic carbocycles. The number of hydrogen-bond acceptors (Lipinski definition) is 5. The minimum Gasteiger partial charge on any atom is -0.310 e. The number of rotatable bonds is 5. The van der Waals surface area contributed by atoms with E-state index in [9.17, 15) is 4.79 Å². The summed E-state index contributed by atoms with van der Waals surface area (Å²) in [7, 11) is 17.0. The summed E-state index contributed by atoms with van der Waals surface area (Å²) in [5.74, 6) is 0.408. The third-order valence-electron chi connectivity index (χ3n) is 4.93. The largest absolute Gasteiger partial charge is 0.310 e. The van der Waals surface area contributed by atoms with E-state index in [-0.39, 0.29) is 5.91 Å². The zero-order valence-electron chi connectivity index (χ0n) is 16.1. The lowest BCUT2D eigenvalue weighted by molar-refractivity contribution is -0.117. The summed E-state index contributed by atoms with van der Waals surface area (Å²) in [5.41, 5.74) is 2.12. The van der Waals surface area contributed by atoms with Crippen molar-refractivity contribution in [2.75, 3.05) is 25.0 Å². The summed E-state index contributed by atoms with van der Waals surface area (Å²) in [6, 6.07) is 5.52. The van der Waals surface area contributed by atoms with Crippen LogP contribution in [0.25, 0.3) is 22.2 Å². The summed E-state index contributed by atoms with van der Waals surface area (Å²) in [6.07, 6.45) is 8.44. The molecule has 1 amide bonds. The van der Waals surface area contributed by atoms with Gasteiger partial charge in [0.25, 0.3) is 0 Å². The molecule has 7 nitrogen and oxygen atoms in total. The Morgan fingerprint density at radius 1 is 1.14 bits per heavy atom. The number of nitrogens with one attached hydrogen (secondary N) is 1. The van der Waals surface area contributed by atoms with E-state index in [0.29, 0.717) is 23.6 Å². The Labute approximate surface area is 173 Å². The minimum absolute atomic E-state index is 0.0682. The first-order chi connectivity index (χ1) is 13.9. The molecule has 0 unspecified atom stereocenters. The normalized spacial score (nSPS) is 15.4. The smallest absolute Gasteiger partial charge is 0.239 e. The van der Waals surface area contributed by atoms with E-state index in [1.807, 2.05) is 12.1 Å². The average molecular weight is 380 g/mol. The van der Waals surface area contributed by atoms with Gasteiger partial charge in [0, 0.05) is 29.4 Å². The second-order valence-corrected chi connectivity index (χ2v) is 7.40. The van der Waals surface area contributed by atoms with Gasteiger partial charge in [-0.25, -0.2) is 9.97 Å². The van der Waals surface area contributed by atoms with Gasteiger partial charge in [0.2, 0.25) is 5.91 Å². The molecular formula is C19H19B3N6O. The van der Waals surface area contributed by atoms with Crippen molar-refractivity contribution in [3.8, 4) is 11.3 Å². The van der Waals surface area contributed by atoms with E-state index >= 15 is 0 Å². The van der Waals surface area contributed by atoms with Crippen molar-refractivity contribution < 1.29 is 4.79 Å². The Morgan fingerprint density at radius 2 is 1.93 bits per heavy atom. The monoisotopic (exact) mass is 380 g/mol. The number of fused-ring (bicyclic) bond motifs is 1. The van der Waals surface area contributed by atoms with Gasteiger partial charge >= 0.3 is 0 Å². The molecule has 1 aliphatic rings. The average Bonchev–Trinajstić information content (AvgIpc) is 3.19. The third kappa shape index (κ3) is 4.70. The number of aromatic nitrogens is 4. The summed E-state index contributed by atoms with van der Waals surface area (Å²) < 4.78 is 1.27. The first-order valence-electron chi connectivity index (χ1n) is 9.60. The molecule has 1 aliphatic heterocycles. The summed E-state index contributed by atoms with van der Waals surface area (Å²) in [5, 5.41) is 6.23. The Bertz CT molecular complexity index is 1030. The molecule has 3 aromatic rings. The van der Waals surface area contributed by atoms with Gasteiger partial charge in [-0.1, -0.05) is 6.42 Å². The highest BCUT2D eigenvalue weighted by Crippen LogP contribution is 2.22. The number of pyridine rings is 2. The predicted molar refractivity (Wildman–Crippen MR) is 115 cm³/mol. The lowest BCUT2D eigenvalue weighted by Gasteiger charge is -2.25. The molecule has 29 heavy (non-hydrogen) atoms. The number of anilines is 1. The molecule has 0 bridgehead atoms. The van der Waals surface area contributed by atoms with Crippen LogP contribution < -0.4 is 5.32 Å². The molecule has 4 heterocycles. The number of nitrogens with zero attached hydrogens (tertiary/aromatic N) is 5. The molecule has 10 heteroatoms. The van der Waals surface area contributed by atoms with Crippen molar-refractivity contribution >= 4 is 46.2 Å². The third-order valence-corrected chi connectivity index (χ3v) is 4.93. The van der Waals surface area contributed by atoms with E-state index in [1.54, 1.807) is 24.7 Å². The zero-order valence-corrected chi connectivity index (χ0v) is 16.1. The minimum atomic E-state index is -1.58. The van der Waals surface area contributed by atoms with Crippen LogP contribution in [0.2, 0.25) is 0 Å². The highest BCUT2D eigenvalue weighted by Gasteiger charge is 2.16. The van der Waals surface area contributed by atoms with Gasteiger partial charge in [0.15, 0.2) is 0 Å². The lowest BCUT2D eigenvalue weighted by Crippen LogP contribution is -2.36. The van der Waals surface area contributed by atoms with Gasteiger partial charge in [0.1, 0.15) is 5.82 Å². The summed E-state index contributed by atoms with van der Waals surface area (Å²) in [4.78, 5) is 23.5. The molecule has 1 fully saturated rings. The van der Waals surface area contributed by atoms with E-state index in [0.717, 1.165) is 36.9 Å². The molecule has 3 aromatic heterocycles. The van der Waals surface area contributed by atoms with Gasteiger partial charge in [-0.3, -0.25) is 14.4 Å². The van der Waals surface area contributed by atoms with Gasteiger partial charge < -0.3 is 5.32 Å². The molecule has 4 rings (SSSR count). The molecule has 1 saturated heterocycles. The fourth-order valence-electron chi connectivity index (χ4n) is 3.42. The summed E-state index contributed by atoms with van der Waals surface area (Å²) >= 11 is 0. The predicted octanol–water partition coefficient (Wildman–Crippen LogP) is 0.991. The Kier molecular flexibility index (Phi) is 5.45. The second kappa shape index (κ2) is 8.03. The Morgan fingerprint density at radius 3 is 2.66 bits per heavy atom. The lowest BCUT2D eigenvalue weighted by atomic mass is 9.49. The van der Waals surface area contributed by atoms with Gasteiger partial charge in [-0.2, -0.15) is 5.10 Å². The van der Waals surface area contributed by atoms with Crippen LogP contribution in [0.4, 0.5) is 5.82 Å². The summed E-state index contributed by atoms with van der Waals surface area (Å²) in [6.45, 7) is 2.31. The fraction of sp³-hybridized carbons (Fsp3) is 0.368. The zero-order chi connectivity index (χ0) is 20.4. The highest BCUT2D eigenvalue weighted by molar-refractivity contribution is 6.56. The van der Waals surface area contributed by atoms with Crippen LogP contribution in [0.15, 0.2) is 36.8 Å². The number of likely N-dealkylation sites (tertiary alicyclic amines) is 1. The molecule has 140 valence electrons. The Balaban J connectivity index is 1.52. The van der Waals surface area contributed by atoms with Crippen LogP contribution in [0.5, 0.6) is 0 Å². The molecular weight excluding hydrogens is 361 g/mol. The maximum atomic E-state index is 12.3. The molecule has 0 spiro atoms. The maximum absolute atomic E-state index is 12.3. The van der Waals surface area contributed by atoms with Crippen molar-refractivity contribution in [3.05, 3.63) is 36.8 Å². The highest BCUT2D eigenvalue weighted by atomic mass is 16.2. The van der Waals surface area contributed by atoms with Crippen LogP contribution in [0, 0.1) is 0 Å². The van der Waals surface area contributed by atoms with Crippen molar-refractivity contribution in [1.82, 2.24) is 24.6 Å². The van der Waals surface area contributed by atoms with E-state index in [1.165, 1.54) is 11.1 Å². The number of hydrogen-bond donors (Lipinski definition) is 1. The van der Waals surface area contributed by atoms with Crippen LogP contribution in [0.1, 0.15) is 19.3 Å². The fourth-order valence-corrected chi connectivity index (χ4v) is 3.42. The maximum Gasteiger partial charge on any atom is 0.239 e. The van der Waals surface area contributed by atoms with Gasteiger partial charge in [0.05, 0.1) is 47.5 Å². The quantitative estimate of drug-likeness (QED) is 0.669. The number of amides is 1. The molecule has 1 N–H and O–H groups in total. The number of carbonyl (C=O) groups excluding carboxylic acids is 1. The van der Waals surface area contributed by atoms with Crippen LogP contribution >= 0.6 is 0 Å². The first kappa shape index (κ1) is 19.7. The van der Waals surface area contributed by atoms with Crippen molar-refractivity contribution in [1.29, 1.82) is 0 Å². The second-order valence-electron chi connectivity index (χ2n) is 7.40. The standard InChI is InChI=1S/C19H19B3N6O/c20-19(21,22)28-11-14(10-24-28)15-5-4-13-9-23-17(8-16(13)25-15)26-18(29)12-27-6-2-1-3-7-27/h4-5,8-11H,1-3,6-7,12H2,(H,23,26,29). The van der Waals surface area contributed by atoms with Gasteiger partial charge in [-0.05, 0) is 43.3 Å². The Hall–Kier alpha value is -2.61. The molecule has 0 aromatic carbocycles. The molecule has 6 radical (unpaired) electrons.